The summed E-state index contributed by atoms with van der Waals surface area (Å²) in [7, 11) is 0. The first kappa shape index (κ1) is 12.0. The molecule has 19 heavy (non-hydrogen) atoms. The molecule has 1 heteroatoms. The first-order valence-electron chi connectivity index (χ1n) is 8.47. The predicted molar refractivity (Wildman–Crippen MR) is 76.2 cm³/mol. The second-order valence-corrected chi connectivity index (χ2v) is 7.52. The van der Waals surface area contributed by atoms with E-state index >= 15 is 0 Å². The number of fused-ring (bicyclic) bond motifs is 5. The van der Waals surface area contributed by atoms with Crippen LogP contribution in [0.4, 0.5) is 0 Å². The van der Waals surface area contributed by atoms with Crippen molar-refractivity contribution < 1.29 is 0 Å². The highest BCUT2D eigenvalue weighted by Crippen LogP contribution is 2.57. The van der Waals surface area contributed by atoms with E-state index in [9.17, 15) is 5.26 Å². The lowest BCUT2D eigenvalue weighted by atomic mass is 9.54. The largest absolute Gasteiger partial charge is 0.193 e. The minimum atomic E-state index is 0.767. The summed E-state index contributed by atoms with van der Waals surface area (Å²) in [6, 6.07) is 2.44. The lowest BCUT2D eigenvalue weighted by molar-refractivity contribution is 0.0128. The van der Waals surface area contributed by atoms with Crippen molar-refractivity contribution >= 4 is 0 Å². The average molecular weight is 255 g/mol. The number of hydrogen-bond acceptors (Lipinski definition) is 1. The Hall–Kier alpha value is -0.770. The fraction of sp³-hybridized carbons (Fsp3) is 0.833. The van der Waals surface area contributed by atoms with E-state index in [0.717, 1.165) is 47.5 Å². The summed E-state index contributed by atoms with van der Waals surface area (Å²) in [4.78, 5) is 0. The van der Waals surface area contributed by atoms with Crippen molar-refractivity contribution in [3.8, 4) is 6.07 Å². The van der Waals surface area contributed by atoms with Gasteiger partial charge >= 0.3 is 0 Å². The van der Waals surface area contributed by atoms with Crippen LogP contribution in [-0.2, 0) is 0 Å². The number of allylic oxidation sites excluding steroid dienone is 2. The molecule has 0 aliphatic heterocycles. The van der Waals surface area contributed by atoms with Crippen molar-refractivity contribution in [3.63, 3.8) is 0 Å². The topological polar surface area (TPSA) is 23.8 Å². The quantitative estimate of drug-likeness (QED) is 0.615. The minimum Gasteiger partial charge on any atom is -0.193 e. The van der Waals surface area contributed by atoms with Gasteiger partial charge in [-0.3, -0.25) is 0 Å². The molecule has 6 atom stereocenters. The van der Waals surface area contributed by atoms with Gasteiger partial charge in [0, 0.05) is 5.57 Å². The Kier molecular flexibility index (Phi) is 2.94. The SMILES string of the molecule is N#CC1=CC2C(CC1)CCC1C3CCCC3CCC21. The van der Waals surface area contributed by atoms with Gasteiger partial charge in [-0.2, -0.15) is 5.26 Å². The second kappa shape index (κ2) is 4.65. The highest BCUT2D eigenvalue weighted by atomic mass is 14.5. The molecule has 6 unspecified atom stereocenters. The van der Waals surface area contributed by atoms with E-state index in [4.69, 9.17) is 0 Å². The molecule has 0 radical (unpaired) electrons. The Labute approximate surface area is 117 Å². The van der Waals surface area contributed by atoms with Crippen LogP contribution in [0.1, 0.15) is 57.8 Å². The summed E-state index contributed by atoms with van der Waals surface area (Å²) < 4.78 is 0. The van der Waals surface area contributed by atoms with Gasteiger partial charge in [0.2, 0.25) is 0 Å². The smallest absolute Gasteiger partial charge is 0.0943 e. The molecule has 0 saturated heterocycles. The molecule has 1 nitrogen and oxygen atoms in total. The van der Waals surface area contributed by atoms with Crippen LogP contribution in [0, 0.1) is 46.8 Å². The van der Waals surface area contributed by atoms with Gasteiger partial charge in [0.15, 0.2) is 0 Å². The minimum absolute atomic E-state index is 0.767. The van der Waals surface area contributed by atoms with E-state index in [0.29, 0.717) is 0 Å². The lowest BCUT2D eigenvalue weighted by Gasteiger charge is -2.50. The number of nitriles is 1. The Bertz CT molecular complexity index is 429. The van der Waals surface area contributed by atoms with Crippen LogP contribution in [0.2, 0.25) is 0 Å². The molecule has 4 rings (SSSR count). The third-order valence-corrected chi connectivity index (χ3v) is 6.92. The van der Waals surface area contributed by atoms with Gasteiger partial charge in [0.1, 0.15) is 0 Å². The zero-order valence-electron chi connectivity index (χ0n) is 11.9. The van der Waals surface area contributed by atoms with E-state index < -0.39 is 0 Å². The van der Waals surface area contributed by atoms with Crippen LogP contribution >= 0.6 is 0 Å². The molecule has 0 aromatic carbocycles. The van der Waals surface area contributed by atoms with Crippen LogP contribution in [0.5, 0.6) is 0 Å². The number of nitrogens with zero attached hydrogens (tertiary/aromatic N) is 1. The summed E-state index contributed by atoms with van der Waals surface area (Å²) in [5.74, 6) is 5.75. The molecule has 0 amide bonds. The van der Waals surface area contributed by atoms with Crippen molar-refractivity contribution in [1.29, 1.82) is 5.26 Å². The summed E-state index contributed by atoms with van der Waals surface area (Å²) >= 11 is 0. The van der Waals surface area contributed by atoms with Crippen molar-refractivity contribution in [2.75, 3.05) is 0 Å². The molecule has 102 valence electrons. The van der Waals surface area contributed by atoms with Crippen molar-refractivity contribution in [2.24, 2.45) is 35.5 Å². The molecule has 3 saturated carbocycles. The summed E-state index contributed by atoms with van der Waals surface area (Å²) in [6.45, 7) is 0. The molecule has 3 fully saturated rings. The summed E-state index contributed by atoms with van der Waals surface area (Å²) in [6.07, 6.45) is 15.2. The molecule has 0 heterocycles. The molecule has 0 spiro atoms. The molecular weight excluding hydrogens is 230 g/mol. The van der Waals surface area contributed by atoms with Crippen LogP contribution < -0.4 is 0 Å². The van der Waals surface area contributed by atoms with Crippen molar-refractivity contribution in [1.82, 2.24) is 0 Å². The van der Waals surface area contributed by atoms with Gasteiger partial charge in [-0.1, -0.05) is 18.9 Å². The Morgan fingerprint density at radius 1 is 0.842 bits per heavy atom. The molecular formula is C18H25N. The average Bonchev–Trinajstić information content (AvgIpc) is 2.94. The molecule has 4 aliphatic rings. The zero-order chi connectivity index (χ0) is 12.8. The van der Waals surface area contributed by atoms with Crippen molar-refractivity contribution in [3.05, 3.63) is 11.6 Å². The van der Waals surface area contributed by atoms with Crippen LogP contribution in [-0.4, -0.2) is 0 Å². The first-order chi connectivity index (χ1) is 9.36. The fourth-order valence-electron chi connectivity index (χ4n) is 6.13. The molecule has 4 aliphatic carbocycles. The highest BCUT2D eigenvalue weighted by molar-refractivity contribution is 5.25. The maximum absolute atomic E-state index is 9.21. The Morgan fingerprint density at radius 2 is 1.68 bits per heavy atom. The molecule has 0 aromatic rings. The molecule has 0 bridgehead atoms. The van der Waals surface area contributed by atoms with Gasteiger partial charge in [-0.25, -0.2) is 0 Å². The van der Waals surface area contributed by atoms with E-state index in [-0.39, 0.29) is 0 Å². The maximum Gasteiger partial charge on any atom is 0.0943 e. The van der Waals surface area contributed by atoms with Gasteiger partial charge in [0.05, 0.1) is 6.07 Å². The summed E-state index contributed by atoms with van der Waals surface area (Å²) in [5, 5.41) is 9.21. The van der Waals surface area contributed by atoms with Crippen LogP contribution in [0.3, 0.4) is 0 Å². The van der Waals surface area contributed by atoms with E-state index in [1.54, 1.807) is 0 Å². The fourth-order valence-corrected chi connectivity index (χ4v) is 6.13. The monoisotopic (exact) mass is 255 g/mol. The molecule has 0 aromatic heterocycles. The zero-order valence-corrected chi connectivity index (χ0v) is 11.9. The number of rotatable bonds is 0. The highest BCUT2D eigenvalue weighted by Gasteiger charge is 2.48. The molecule has 0 N–H and O–H groups in total. The predicted octanol–water partition coefficient (Wildman–Crippen LogP) is 4.70. The van der Waals surface area contributed by atoms with Crippen molar-refractivity contribution in [2.45, 2.75) is 57.8 Å². The van der Waals surface area contributed by atoms with Crippen LogP contribution in [0.15, 0.2) is 11.6 Å². The first-order valence-corrected chi connectivity index (χ1v) is 8.47. The van der Waals surface area contributed by atoms with Gasteiger partial charge < -0.3 is 0 Å². The Balaban J connectivity index is 1.61. The summed E-state index contributed by atoms with van der Waals surface area (Å²) in [5.41, 5.74) is 1.09. The van der Waals surface area contributed by atoms with Gasteiger partial charge in [0.25, 0.3) is 0 Å². The van der Waals surface area contributed by atoms with E-state index in [1.165, 1.54) is 51.4 Å². The lowest BCUT2D eigenvalue weighted by Crippen LogP contribution is -2.42. The second-order valence-electron chi connectivity index (χ2n) is 7.52. The van der Waals surface area contributed by atoms with E-state index in [2.05, 4.69) is 12.1 Å². The Morgan fingerprint density at radius 3 is 2.58 bits per heavy atom. The maximum atomic E-state index is 9.21. The van der Waals surface area contributed by atoms with Gasteiger partial charge in [-0.15, -0.1) is 0 Å². The van der Waals surface area contributed by atoms with Gasteiger partial charge in [-0.05, 0) is 80.5 Å². The normalized spacial score (nSPS) is 48.5. The standard InChI is InChI=1S/C18H25N/c19-11-12-4-5-14-7-8-16-15-3-1-2-13(15)6-9-17(16)18(14)10-12/h10,13-18H,1-9H2. The third-order valence-electron chi connectivity index (χ3n) is 6.92. The van der Waals surface area contributed by atoms with Crippen LogP contribution in [0.25, 0.3) is 0 Å². The van der Waals surface area contributed by atoms with E-state index in [1.807, 2.05) is 0 Å². The third kappa shape index (κ3) is 1.87. The number of hydrogen-bond donors (Lipinski definition) is 0.